The molecular formula is C24H33N3O6. The SMILES string of the molecule is CCOC(=O)C1(CCNc2c(O)cnc3ccc(O)cc23)CCN(C(=O)OC(C)(C)C)CC1. The topological polar surface area (TPSA) is 121 Å². The van der Waals surface area contributed by atoms with Crippen LogP contribution in [0.1, 0.15) is 47.0 Å². The third-order valence-corrected chi connectivity index (χ3v) is 5.82. The number of amides is 1. The van der Waals surface area contributed by atoms with Crippen molar-refractivity contribution in [3.05, 3.63) is 24.4 Å². The summed E-state index contributed by atoms with van der Waals surface area (Å²) in [5.74, 6) is -0.259. The second-order valence-electron chi connectivity index (χ2n) is 9.36. The first-order chi connectivity index (χ1) is 15.5. The van der Waals surface area contributed by atoms with Crippen LogP contribution in [0.15, 0.2) is 24.4 Å². The summed E-state index contributed by atoms with van der Waals surface area (Å²) in [4.78, 5) is 31.1. The normalized spacial score (nSPS) is 15.8. The predicted octanol–water partition coefficient (Wildman–Crippen LogP) is 4.03. The molecule has 1 aliphatic heterocycles. The Morgan fingerprint density at radius 2 is 1.91 bits per heavy atom. The van der Waals surface area contributed by atoms with E-state index in [1.165, 1.54) is 18.3 Å². The smallest absolute Gasteiger partial charge is 0.410 e. The summed E-state index contributed by atoms with van der Waals surface area (Å²) in [7, 11) is 0. The lowest BCUT2D eigenvalue weighted by molar-refractivity contribution is -0.159. The van der Waals surface area contributed by atoms with Gasteiger partial charge in [-0.2, -0.15) is 0 Å². The highest BCUT2D eigenvalue weighted by Crippen LogP contribution is 2.38. The van der Waals surface area contributed by atoms with Crippen LogP contribution in [-0.4, -0.2) is 64.0 Å². The summed E-state index contributed by atoms with van der Waals surface area (Å²) in [6.07, 6.45) is 2.33. The molecule has 0 aliphatic carbocycles. The Hall–Kier alpha value is -3.23. The Morgan fingerprint density at radius 1 is 1.21 bits per heavy atom. The number of aromatic nitrogens is 1. The Kier molecular flexibility index (Phi) is 7.19. The van der Waals surface area contributed by atoms with E-state index in [9.17, 15) is 19.8 Å². The number of benzene rings is 1. The maximum atomic E-state index is 12.9. The largest absolute Gasteiger partial charge is 0.508 e. The van der Waals surface area contributed by atoms with Gasteiger partial charge in [-0.1, -0.05) is 0 Å². The van der Waals surface area contributed by atoms with Crippen LogP contribution in [0.2, 0.25) is 0 Å². The van der Waals surface area contributed by atoms with Crippen molar-refractivity contribution in [3.63, 3.8) is 0 Å². The molecule has 0 saturated carbocycles. The maximum absolute atomic E-state index is 12.9. The van der Waals surface area contributed by atoms with Gasteiger partial charge in [0.05, 0.1) is 29.4 Å². The number of pyridine rings is 1. The Balaban J connectivity index is 1.72. The number of hydrogen-bond acceptors (Lipinski definition) is 8. The van der Waals surface area contributed by atoms with Gasteiger partial charge in [0, 0.05) is 25.0 Å². The number of aromatic hydroxyl groups is 2. The fraction of sp³-hybridized carbons (Fsp3) is 0.542. The number of esters is 1. The molecule has 3 rings (SSSR count). The molecule has 1 amide bonds. The number of phenolic OH excluding ortho intramolecular Hbond substituents is 1. The zero-order valence-electron chi connectivity index (χ0n) is 19.7. The van der Waals surface area contributed by atoms with E-state index in [0.717, 1.165) is 0 Å². The van der Waals surface area contributed by atoms with E-state index < -0.39 is 11.0 Å². The van der Waals surface area contributed by atoms with Gasteiger partial charge in [0.2, 0.25) is 0 Å². The number of phenols is 1. The zero-order valence-corrected chi connectivity index (χ0v) is 19.7. The highest BCUT2D eigenvalue weighted by Gasteiger charge is 2.43. The average Bonchev–Trinajstić information content (AvgIpc) is 2.74. The minimum atomic E-state index is -0.748. The number of nitrogens with zero attached hydrogens (tertiary/aromatic N) is 2. The number of carbonyl (C=O) groups excluding carboxylic acids is 2. The zero-order chi connectivity index (χ0) is 24.2. The molecule has 0 spiro atoms. The van der Waals surface area contributed by atoms with Crippen molar-refractivity contribution < 1.29 is 29.3 Å². The van der Waals surface area contributed by atoms with Crippen molar-refractivity contribution in [2.24, 2.45) is 5.41 Å². The number of fused-ring (bicyclic) bond motifs is 1. The second kappa shape index (κ2) is 9.72. The molecule has 1 fully saturated rings. The lowest BCUT2D eigenvalue weighted by atomic mass is 9.75. The third-order valence-electron chi connectivity index (χ3n) is 5.82. The first-order valence-electron chi connectivity index (χ1n) is 11.2. The van der Waals surface area contributed by atoms with Gasteiger partial charge in [0.15, 0.2) is 5.75 Å². The van der Waals surface area contributed by atoms with Crippen molar-refractivity contribution in [2.75, 3.05) is 31.6 Å². The van der Waals surface area contributed by atoms with Crippen LogP contribution in [0.5, 0.6) is 11.5 Å². The molecule has 1 saturated heterocycles. The quantitative estimate of drug-likeness (QED) is 0.554. The Labute approximate surface area is 193 Å². The summed E-state index contributed by atoms with van der Waals surface area (Å²) < 4.78 is 10.8. The van der Waals surface area contributed by atoms with Crippen LogP contribution < -0.4 is 5.32 Å². The maximum Gasteiger partial charge on any atom is 0.410 e. The molecule has 1 aromatic carbocycles. The molecule has 180 valence electrons. The van der Waals surface area contributed by atoms with Crippen LogP contribution in [0.4, 0.5) is 10.5 Å². The molecule has 1 aliphatic rings. The third kappa shape index (κ3) is 5.77. The standard InChI is InChI=1S/C24H33N3O6/c1-5-32-21(30)24(9-12-27(13-10-24)22(31)33-23(2,3)4)8-11-25-20-17-14-16(28)6-7-18(17)26-15-19(20)29/h6-7,14-15,28-29H,5,8-13H2,1-4H3,(H,25,26). The minimum Gasteiger partial charge on any atom is -0.508 e. The van der Waals surface area contributed by atoms with Crippen LogP contribution in [0.25, 0.3) is 10.9 Å². The van der Waals surface area contributed by atoms with Crippen molar-refractivity contribution >= 4 is 28.7 Å². The molecule has 2 heterocycles. The number of ether oxygens (including phenoxy) is 2. The van der Waals surface area contributed by atoms with Gasteiger partial charge in [-0.15, -0.1) is 0 Å². The summed E-state index contributed by atoms with van der Waals surface area (Å²) in [5, 5.41) is 24.0. The van der Waals surface area contributed by atoms with Gasteiger partial charge in [0.25, 0.3) is 0 Å². The number of nitrogens with one attached hydrogen (secondary N) is 1. The number of likely N-dealkylation sites (tertiary alicyclic amines) is 1. The highest BCUT2D eigenvalue weighted by atomic mass is 16.6. The summed E-state index contributed by atoms with van der Waals surface area (Å²) in [5.41, 5.74) is -0.261. The first-order valence-corrected chi connectivity index (χ1v) is 11.2. The number of anilines is 1. The number of rotatable bonds is 6. The van der Waals surface area contributed by atoms with Crippen LogP contribution in [0.3, 0.4) is 0 Å². The number of carbonyl (C=O) groups is 2. The van der Waals surface area contributed by atoms with E-state index in [1.807, 2.05) is 20.8 Å². The Bertz CT molecular complexity index is 1000. The Morgan fingerprint density at radius 3 is 2.55 bits per heavy atom. The van der Waals surface area contributed by atoms with Crippen molar-refractivity contribution in [3.8, 4) is 11.5 Å². The minimum absolute atomic E-state index is 0.0435. The van der Waals surface area contributed by atoms with E-state index in [1.54, 1.807) is 17.9 Å². The van der Waals surface area contributed by atoms with Crippen molar-refractivity contribution in [1.82, 2.24) is 9.88 Å². The molecular weight excluding hydrogens is 426 g/mol. The molecule has 0 bridgehead atoms. The van der Waals surface area contributed by atoms with Gasteiger partial charge >= 0.3 is 12.1 Å². The average molecular weight is 460 g/mol. The summed E-state index contributed by atoms with van der Waals surface area (Å²) >= 11 is 0. The molecule has 9 heteroatoms. The van der Waals surface area contributed by atoms with E-state index >= 15 is 0 Å². The molecule has 2 aromatic rings. The molecule has 33 heavy (non-hydrogen) atoms. The fourth-order valence-corrected chi connectivity index (χ4v) is 4.07. The molecule has 1 aromatic heterocycles. The summed E-state index contributed by atoms with van der Waals surface area (Å²) in [6, 6.07) is 4.73. The van der Waals surface area contributed by atoms with E-state index in [-0.39, 0.29) is 30.2 Å². The lowest BCUT2D eigenvalue weighted by Crippen LogP contribution is -2.49. The second-order valence-corrected chi connectivity index (χ2v) is 9.36. The van der Waals surface area contributed by atoms with Crippen LogP contribution >= 0.6 is 0 Å². The van der Waals surface area contributed by atoms with Gasteiger partial charge < -0.3 is 29.9 Å². The van der Waals surface area contributed by atoms with Gasteiger partial charge in [0.1, 0.15) is 11.4 Å². The highest BCUT2D eigenvalue weighted by molar-refractivity contribution is 5.95. The first kappa shape index (κ1) is 24.4. The fourth-order valence-electron chi connectivity index (χ4n) is 4.07. The number of piperidine rings is 1. The van der Waals surface area contributed by atoms with Crippen molar-refractivity contribution in [1.29, 1.82) is 0 Å². The van der Waals surface area contributed by atoms with Crippen LogP contribution in [-0.2, 0) is 14.3 Å². The van der Waals surface area contributed by atoms with Crippen LogP contribution in [0, 0.1) is 5.41 Å². The molecule has 0 atom stereocenters. The van der Waals surface area contributed by atoms with E-state index in [4.69, 9.17) is 9.47 Å². The summed E-state index contributed by atoms with van der Waals surface area (Å²) in [6.45, 7) is 8.68. The molecule has 3 N–H and O–H groups in total. The van der Waals surface area contributed by atoms with Gasteiger partial charge in [-0.05, 0) is 65.2 Å². The molecule has 9 nitrogen and oxygen atoms in total. The van der Waals surface area contributed by atoms with Crippen molar-refractivity contribution in [2.45, 2.75) is 52.6 Å². The molecule has 0 unspecified atom stereocenters. The van der Waals surface area contributed by atoms with E-state index in [2.05, 4.69) is 10.3 Å². The predicted molar refractivity (Wildman–Crippen MR) is 124 cm³/mol. The van der Waals surface area contributed by atoms with Gasteiger partial charge in [-0.3, -0.25) is 9.78 Å². The lowest BCUT2D eigenvalue weighted by Gasteiger charge is -2.40. The van der Waals surface area contributed by atoms with Gasteiger partial charge in [-0.25, -0.2) is 4.79 Å². The monoisotopic (exact) mass is 459 g/mol. The molecule has 0 radical (unpaired) electrons. The van der Waals surface area contributed by atoms with E-state index in [0.29, 0.717) is 55.5 Å². The number of hydrogen-bond donors (Lipinski definition) is 3.